The van der Waals surface area contributed by atoms with E-state index in [1.165, 1.54) is 20.0 Å². The monoisotopic (exact) mass is 522 g/mol. The summed E-state index contributed by atoms with van der Waals surface area (Å²) in [6, 6.07) is 0. The van der Waals surface area contributed by atoms with E-state index in [0.29, 0.717) is 42.4 Å². The number of methoxy groups -OCH3 is 1. The number of fused-ring (bicyclic) bond motifs is 5. The van der Waals surface area contributed by atoms with Gasteiger partial charge in [-0.25, -0.2) is 4.39 Å². The Labute approximate surface area is 220 Å². The van der Waals surface area contributed by atoms with Gasteiger partial charge in [-0.15, -0.1) is 0 Å². The van der Waals surface area contributed by atoms with Gasteiger partial charge in [0.1, 0.15) is 0 Å². The summed E-state index contributed by atoms with van der Waals surface area (Å²) in [6.45, 7) is 16.1. The summed E-state index contributed by atoms with van der Waals surface area (Å²) >= 11 is 0. The minimum atomic E-state index is -1.89. The molecule has 0 aliphatic heterocycles. The van der Waals surface area contributed by atoms with Crippen molar-refractivity contribution >= 4 is 20.1 Å². The molecule has 0 radical (unpaired) electrons. The summed E-state index contributed by atoms with van der Waals surface area (Å²) in [5.74, 6) is 2.07. The molecule has 0 heterocycles. The molecule has 0 N–H and O–H groups in total. The van der Waals surface area contributed by atoms with Gasteiger partial charge in [-0.1, -0.05) is 34.1 Å². The second kappa shape index (κ2) is 10.1. The zero-order chi connectivity index (χ0) is 26.6. The number of carbonyl (C=O) groups is 2. The van der Waals surface area contributed by atoms with Gasteiger partial charge in [0.05, 0.1) is 13.2 Å². The molecule has 0 amide bonds. The van der Waals surface area contributed by atoms with Gasteiger partial charge in [0, 0.05) is 18.8 Å². The molecule has 0 bridgehead atoms. The van der Waals surface area contributed by atoms with Crippen LogP contribution >= 0.6 is 0 Å². The third-order valence-corrected chi connectivity index (χ3v) is 12.5. The van der Waals surface area contributed by atoms with Crippen molar-refractivity contribution in [1.29, 1.82) is 0 Å². The first-order valence-corrected chi connectivity index (χ1v) is 18.1. The van der Waals surface area contributed by atoms with Crippen LogP contribution in [0.4, 0.5) is 4.39 Å². The molecule has 0 unspecified atom stereocenters. The number of hydrogen-bond acceptors (Lipinski definition) is 4. The Hall–Kier alpha value is -0.753. The van der Waals surface area contributed by atoms with Gasteiger partial charge < -0.3 is 9.16 Å². The van der Waals surface area contributed by atoms with Crippen molar-refractivity contribution in [3.05, 3.63) is 0 Å². The van der Waals surface area contributed by atoms with Gasteiger partial charge in [-0.05, 0) is 105 Å². The number of ketones is 1. The Morgan fingerprint density at radius 2 is 1.78 bits per heavy atom. The van der Waals surface area contributed by atoms with Crippen LogP contribution in [0.5, 0.6) is 0 Å². The number of hydrogen-bond donors (Lipinski definition) is 0. The van der Waals surface area contributed by atoms with E-state index in [0.717, 1.165) is 32.1 Å². The molecule has 0 spiro atoms. The quantitative estimate of drug-likeness (QED) is 0.262. The highest BCUT2D eigenvalue weighted by molar-refractivity contribution is 6.69. The molecule has 4 aliphatic carbocycles. The number of rotatable bonds is 7. The van der Waals surface area contributed by atoms with Gasteiger partial charge >= 0.3 is 5.97 Å². The standard InChI is InChI=1S/C30H51FO4Si/c1-9-19-26-27(31)23(32)15-17-30(26,4)22-14-16-29(3)20(18(2)10-13-24(33)34-5)11-12-21(29)25(22)28(19)35-36(6,7)8/h18-22,25-28H,9-17H2,1-8H3/t18-,19-,20-,21+,22+,25+,26-,27+,28-,29-,30-/m1/s1. The average Bonchev–Trinajstić information content (AvgIpc) is 3.17. The second-order valence-electron chi connectivity index (χ2n) is 14.3. The normalized spacial score (nSPS) is 45.4. The molecule has 11 atom stereocenters. The molecule has 4 rings (SSSR count). The zero-order valence-corrected chi connectivity index (χ0v) is 25.1. The first-order valence-electron chi connectivity index (χ1n) is 14.7. The second-order valence-corrected chi connectivity index (χ2v) is 18.7. The van der Waals surface area contributed by atoms with Crippen LogP contribution in [-0.4, -0.2) is 39.5 Å². The van der Waals surface area contributed by atoms with Gasteiger partial charge in [0.15, 0.2) is 20.3 Å². The van der Waals surface area contributed by atoms with E-state index < -0.39 is 14.5 Å². The molecule has 206 valence electrons. The molecule has 0 saturated heterocycles. The lowest BCUT2D eigenvalue weighted by Gasteiger charge is -2.65. The Morgan fingerprint density at radius 1 is 1.11 bits per heavy atom. The summed E-state index contributed by atoms with van der Waals surface area (Å²) in [4.78, 5) is 24.5. The lowest BCUT2D eigenvalue weighted by atomic mass is 9.41. The van der Waals surface area contributed by atoms with Gasteiger partial charge in [0.25, 0.3) is 0 Å². The number of ether oxygens (including phenoxy) is 1. The van der Waals surface area contributed by atoms with Crippen LogP contribution in [0, 0.1) is 52.3 Å². The Kier molecular flexibility index (Phi) is 7.92. The maximum Gasteiger partial charge on any atom is 0.305 e. The number of Topliss-reactive ketones (excluding diaryl/α,β-unsaturated/α-hetero) is 1. The number of halogens is 1. The van der Waals surface area contributed by atoms with Gasteiger partial charge in [-0.2, -0.15) is 0 Å². The number of esters is 1. The fraction of sp³-hybridized carbons (Fsp3) is 0.933. The number of carbonyl (C=O) groups excluding carboxylic acids is 2. The first kappa shape index (κ1) is 28.3. The van der Waals surface area contributed by atoms with Crippen LogP contribution in [-0.2, 0) is 18.8 Å². The van der Waals surface area contributed by atoms with E-state index in [1.54, 1.807) is 0 Å². The third kappa shape index (κ3) is 4.65. The molecule has 4 saturated carbocycles. The minimum absolute atomic E-state index is 0.0441. The molecule has 4 fully saturated rings. The summed E-state index contributed by atoms with van der Waals surface area (Å²) in [6.07, 6.45) is 6.83. The smallest absolute Gasteiger partial charge is 0.305 e. The van der Waals surface area contributed by atoms with Gasteiger partial charge in [-0.3, -0.25) is 9.59 Å². The van der Waals surface area contributed by atoms with Gasteiger partial charge in [0.2, 0.25) is 0 Å². The molecular formula is C30H51FO4Si. The molecular weight excluding hydrogens is 471 g/mol. The molecule has 0 aromatic rings. The molecule has 6 heteroatoms. The molecule has 0 aromatic carbocycles. The van der Waals surface area contributed by atoms with Crippen LogP contribution < -0.4 is 0 Å². The largest absolute Gasteiger partial charge is 0.469 e. The highest BCUT2D eigenvalue weighted by Crippen LogP contribution is 2.70. The maximum absolute atomic E-state index is 15.8. The minimum Gasteiger partial charge on any atom is -0.469 e. The molecule has 4 nitrogen and oxygen atoms in total. The molecule has 4 aliphatic rings. The topological polar surface area (TPSA) is 52.6 Å². The molecule has 0 aromatic heterocycles. The Bertz CT molecular complexity index is 841. The Morgan fingerprint density at radius 3 is 2.39 bits per heavy atom. The van der Waals surface area contributed by atoms with Crippen molar-refractivity contribution < 1.29 is 23.1 Å². The van der Waals surface area contributed by atoms with E-state index in [4.69, 9.17) is 9.16 Å². The maximum atomic E-state index is 15.8. The predicted molar refractivity (Wildman–Crippen MR) is 144 cm³/mol. The van der Waals surface area contributed by atoms with E-state index in [2.05, 4.69) is 47.3 Å². The fourth-order valence-corrected chi connectivity index (χ4v) is 11.1. The summed E-state index contributed by atoms with van der Waals surface area (Å²) in [5.41, 5.74) is 0.0900. The lowest BCUT2D eigenvalue weighted by molar-refractivity contribution is -0.203. The average molecular weight is 523 g/mol. The molecule has 36 heavy (non-hydrogen) atoms. The predicted octanol–water partition coefficient (Wildman–Crippen LogP) is 7.22. The van der Waals surface area contributed by atoms with Crippen LogP contribution in [0.25, 0.3) is 0 Å². The first-order chi connectivity index (χ1) is 16.8. The Balaban J connectivity index is 1.71. The van der Waals surface area contributed by atoms with Crippen LogP contribution in [0.15, 0.2) is 0 Å². The number of alkyl halides is 1. The van der Waals surface area contributed by atoms with Crippen LogP contribution in [0.1, 0.15) is 85.5 Å². The fourth-order valence-electron chi connectivity index (χ4n) is 9.97. The highest BCUT2D eigenvalue weighted by atomic mass is 28.4. The van der Waals surface area contributed by atoms with E-state index >= 15 is 4.39 Å². The van der Waals surface area contributed by atoms with Crippen molar-refractivity contribution in [1.82, 2.24) is 0 Å². The van der Waals surface area contributed by atoms with E-state index in [-0.39, 0.29) is 40.5 Å². The zero-order valence-electron chi connectivity index (χ0n) is 24.1. The van der Waals surface area contributed by atoms with E-state index in [1.807, 2.05) is 0 Å². The van der Waals surface area contributed by atoms with Crippen molar-refractivity contribution in [2.24, 2.45) is 52.3 Å². The van der Waals surface area contributed by atoms with Crippen LogP contribution in [0.3, 0.4) is 0 Å². The van der Waals surface area contributed by atoms with Crippen molar-refractivity contribution in [3.8, 4) is 0 Å². The van der Waals surface area contributed by atoms with E-state index in [9.17, 15) is 9.59 Å². The SMILES string of the molecule is CC[C@H]1[C@@H](O[Si](C)(C)C)[C@@H]2[C@H](CC[C@]3(C)[C@@H]([C@H](C)CCC(=O)OC)CC[C@@H]23)[C@@]2(C)CCC(=O)[C@H](F)[C@@H]12. The third-order valence-electron chi connectivity index (χ3n) is 11.5. The summed E-state index contributed by atoms with van der Waals surface area (Å²) in [7, 11) is -0.420. The van der Waals surface area contributed by atoms with Crippen molar-refractivity contribution in [3.63, 3.8) is 0 Å². The van der Waals surface area contributed by atoms with Crippen LogP contribution in [0.2, 0.25) is 19.6 Å². The lowest BCUT2D eigenvalue weighted by Crippen LogP contribution is -2.66. The summed E-state index contributed by atoms with van der Waals surface area (Å²) in [5, 5.41) is 0. The van der Waals surface area contributed by atoms with Crippen molar-refractivity contribution in [2.75, 3.05) is 7.11 Å². The highest BCUT2D eigenvalue weighted by Gasteiger charge is 2.67. The summed E-state index contributed by atoms with van der Waals surface area (Å²) < 4.78 is 27.8. The van der Waals surface area contributed by atoms with Crippen molar-refractivity contribution in [2.45, 2.75) is 117 Å².